The number of benzene rings is 1. The normalized spacial score (nSPS) is 11.9. The third kappa shape index (κ3) is 3.00. The molecule has 0 aliphatic heterocycles. The van der Waals surface area contributed by atoms with Gasteiger partial charge in [0.05, 0.1) is 19.9 Å². The van der Waals surface area contributed by atoms with E-state index in [1.165, 1.54) is 26.4 Å². The minimum Gasteiger partial charge on any atom is -0.467 e. The van der Waals surface area contributed by atoms with Gasteiger partial charge in [0.2, 0.25) is 0 Å². The predicted octanol–water partition coefficient (Wildman–Crippen LogP) is 1.15. The Labute approximate surface area is 120 Å². The van der Waals surface area contributed by atoms with Crippen LogP contribution in [-0.4, -0.2) is 41.3 Å². The molecule has 0 aliphatic carbocycles. The van der Waals surface area contributed by atoms with Crippen LogP contribution < -0.4 is 14.8 Å². The maximum absolute atomic E-state index is 13.7. The minimum atomic E-state index is -1.26. The Morgan fingerprint density at radius 3 is 2.29 bits per heavy atom. The van der Waals surface area contributed by atoms with Crippen molar-refractivity contribution in [2.24, 2.45) is 0 Å². The first-order valence-electron chi connectivity index (χ1n) is 6.08. The molecule has 21 heavy (non-hydrogen) atoms. The van der Waals surface area contributed by atoms with Crippen LogP contribution >= 0.6 is 0 Å². The van der Waals surface area contributed by atoms with Gasteiger partial charge in [0.1, 0.15) is 11.9 Å². The highest BCUT2D eigenvalue weighted by Gasteiger charge is 2.21. The van der Waals surface area contributed by atoms with Gasteiger partial charge < -0.3 is 19.9 Å². The average molecular weight is 294 g/mol. The van der Waals surface area contributed by atoms with Crippen LogP contribution in [0.3, 0.4) is 0 Å². The molecule has 0 saturated heterocycles. The van der Waals surface area contributed by atoms with Crippen LogP contribution in [0, 0.1) is 5.82 Å². The summed E-state index contributed by atoms with van der Waals surface area (Å²) in [6, 6.07) is 4.35. The molecule has 0 fully saturated rings. The second-order valence-corrected chi connectivity index (χ2v) is 4.02. The lowest BCUT2D eigenvalue weighted by atomic mass is 10.1. The predicted molar refractivity (Wildman–Crippen MR) is 72.9 cm³/mol. The van der Waals surface area contributed by atoms with Crippen molar-refractivity contribution in [3.8, 4) is 12.0 Å². The number of rotatable bonds is 5. The van der Waals surface area contributed by atoms with Gasteiger partial charge in [0.25, 0.3) is 0 Å². The Morgan fingerprint density at radius 2 is 1.76 bits per heavy atom. The van der Waals surface area contributed by atoms with Gasteiger partial charge in [-0.25, -0.2) is 4.39 Å². The van der Waals surface area contributed by atoms with Crippen LogP contribution in [0.15, 0.2) is 18.2 Å². The van der Waals surface area contributed by atoms with Crippen molar-refractivity contribution < 1.29 is 19.0 Å². The van der Waals surface area contributed by atoms with E-state index in [0.29, 0.717) is 5.56 Å². The van der Waals surface area contributed by atoms with Crippen molar-refractivity contribution in [1.82, 2.24) is 15.0 Å². The van der Waals surface area contributed by atoms with Gasteiger partial charge in [0, 0.05) is 12.6 Å². The largest absolute Gasteiger partial charge is 0.467 e. The molecule has 0 amide bonds. The topological polar surface area (TPSA) is 89.4 Å². The first kappa shape index (κ1) is 14.9. The summed E-state index contributed by atoms with van der Waals surface area (Å²) in [5.41, 5.74) is 0.469. The highest BCUT2D eigenvalue weighted by Crippen LogP contribution is 2.29. The Balaban J connectivity index is 2.49. The number of aromatic nitrogens is 3. The SMILES string of the molecule is CNc1c(F)cccc1C(O)c1nc(OC)nc(OC)n1. The molecule has 0 saturated carbocycles. The van der Waals surface area contributed by atoms with Crippen molar-refractivity contribution in [3.63, 3.8) is 0 Å². The summed E-state index contributed by atoms with van der Waals surface area (Å²) in [6.45, 7) is 0. The number of nitrogens with zero attached hydrogens (tertiary/aromatic N) is 3. The molecule has 112 valence electrons. The van der Waals surface area contributed by atoms with Gasteiger partial charge in [-0.2, -0.15) is 9.97 Å². The van der Waals surface area contributed by atoms with Crippen molar-refractivity contribution in [2.75, 3.05) is 26.6 Å². The molecule has 2 aromatic rings. The molecule has 0 aliphatic rings. The second-order valence-electron chi connectivity index (χ2n) is 4.02. The van der Waals surface area contributed by atoms with E-state index in [0.717, 1.165) is 0 Å². The molecule has 7 nitrogen and oxygen atoms in total. The third-order valence-corrected chi connectivity index (χ3v) is 2.81. The average Bonchev–Trinajstić information content (AvgIpc) is 2.53. The van der Waals surface area contributed by atoms with E-state index < -0.39 is 11.9 Å². The highest BCUT2D eigenvalue weighted by molar-refractivity contribution is 5.54. The number of aliphatic hydroxyl groups excluding tert-OH is 1. The number of methoxy groups -OCH3 is 2. The number of aliphatic hydroxyl groups is 1. The van der Waals surface area contributed by atoms with Gasteiger partial charge in [0.15, 0.2) is 5.82 Å². The molecule has 2 N–H and O–H groups in total. The van der Waals surface area contributed by atoms with Gasteiger partial charge in [-0.05, 0) is 6.07 Å². The second kappa shape index (κ2) is 6.31. The number of anilines is 1. The standard InChI is InChI=1S/C13H15FN4O3/c1-15-9-7(5-4-6-8(9)14)10(19)11-16-12(20-2)18-13(17-11)21-3/h4-6,10,15,19H,1-3H3. The van der Waals surface area contributed by atoms with E-state index in [1.807, 2.05) is 0 Å². The fraction of sp³-hybridized carbons (Fsp3) is 0.308. The Bertz CT molecular complexity index is 617. The summed E-state index contributed by atoms with van der Waals surface area (Å²) < 4.78 is 23.6. The van der Waals surface area contributed by atoms with Crippen molar-refractivity contribution in [1.29, 1.82) is 0 Å². The molecular formula is C13H15FN4O3. The summed E-state index contributed by atoms with van der Waals surface area (Å²) in [7, 11) is 4.32. The number of ether oxygens (including phenoxy) is 2. The number of para-hydroxylation sites is 1. The molecule has 0 radical (unpaired) electrons. The molecule has 1 heterocycles. The van der Waals surface area contributed by atoms with Crippen LogP contribution in [0.4, 0.5) is 10.1 Å². The monoisotopic (exact) mass is 294 g/mol. The number of hydrogen-bond acceptors (Lipinski definition) is 7. The van der Waals surface area contributed by atoms with Crippen molar-refractivity contribution in [2.45, 2.75) is 6.10 Å². The molecule has 1 unspecified atom stereocenters. The lowest BCUT2D eigenvalue weighted by Crippen LogP contribution is -2.11. The van der Waals surface area contributed by atoms with Crippen LogP contribution in [0.5, 0.6) is 12.0 Å². The maximum Gasteiger partial charge on any atom is 0.322 e. The van der Waals surface area contributed by atoms with Gasteiger partial charge in [-0.15, -0.1) is 4.98 Å². The van der Waals surface area contributed by atoms with E-state index >= 15 is 0 Å². The summed E-state index contributed by atoms with van der Waals surface area (Å²) in [5.74, 6) is -0.483. The van der Waals surface area contributed by atoms with Crippen LogP contribution in [-0.2, 0) is 0 Å². The molecule has 1 atom stereocenters. The van der Waals surface area contributed by atoms with Gasteiger partial charge in [-0.3, -0.25) is 0 Å². The quantitative estimate of drug-likeness (QED) is 0.855. The number of halogens is 1. The summed E-state index contributed by atoms with van der Waals surface area (Å²) in [4.78, 5) is 11.8. The molecular weight excluding hydrogens is 279 g/mol. The zero-order valence-corrected chi connectivity index (χ0v) is 11.8. The smallest absolute Gasteiger partial charge is 0.322 e. The Hall–Kier alpha value is -2.48. The van der Waals surface area contributed by atoms with E-state index in [-0.39, 0.29) is 23.5 Å². The van der Waals surface area contributed by atoms with Gasteiger partial charge in [-0.1, -0.05) is 12.1 Å². The molecule has 2 rings (SSSR count). The number of nitrogens with one attached hydrogen (secondary N) is 1. The van der Waals surface area contributed by atoms with E-state index in [2.05, 4.69) is 20.3 Å². The lowest BCUT2D eigenvalue weighted by molar-refractivity contribution is 0.204. The maximum atomic E-state index is 13.7. The number of hydrogen-bond donors (Lipinski definition) is 2. The zero-order valence-electron chi connectivity index (χ0n) is 11.8. The molecule has 0 spiro atoms. The first-order valence-corrected chi connectivity index (χ1v) is 6.08. The van der Waals surface area contributed by atoms with Gasteiger partial charge >= 0.3 is 12.0 Å². The van der Waals surface area contributed by atoms with Crippen LogP contribution in [0.25, 0.3) is 0 Å². The highest BCUT2D eigenvalue weighted by atomic mass is 19.1. The Kier molecular flexibility index (Phi) is 4.49. The van der Waals surface area contributed by atoms with Crippen molar-refractivity contribution in [3.05, 3.63) is 35.4 Å². The lowest BCUT2D eigenvalue weighted by Gasteiger charge is -2.15. The first-order chi connectivity index (χ1) is 10.1. The fourth-order valence-corrected chi connectivity index (χ4v) is 1.83. The van der Waals surface area contributed by atoms with Crippen molar-refractivity contribution >= 4 is 5.69 Å². The molecule has 8 heteroatoms. The van der Waals surface area contributed by atoms with Crippen LogP contribution in [0.2, 0.25) is 0 Å². The molecule has 0 bridgehead atoms. The third-order valence-electron chi connectivity index (χ3n) is 2.81. The van der Waals surface area contributed by atoms with E-state index in [9.17, 15) is 9.50 Å². The fourth-order valence-electron chi connectivity index (χ4n) is 1.83. The minimum absolute atomic E-state index is 0.000741. The zero-order chi connectivity index (χ0) is 15.4. The molecule has 1 aromatic carbocycles. The van der Waals surface area contributed by atoms with Crippen LogP contribution in [0.1, 0.15) is 17.5 Å². The van der Waals surface area contributed by atoms with E-state index in [4.69, 9.17) is 9.47 Å². The summed E-state index contributed by atoms with van der Waals surface area (Å²) in [5, 5.41) is 13.1. The summed E-state index contributed by atoms with van der Waals surface area (Å²) in [6.07, 6.45) is -1.26. The van der Waals surface area contributed by atoms with E-state index in [1.54, 1.807) is 13.1 Å². The summed E-state index contributed by atoms with van der Waals surface area (Å²) >= 11 is 0. The Morgan fingerprint density at radius 1 is 1.14 bits per heavy atom. The molecule has 1 aromatic heterocycles.